The van der Waals surface area contributed by atoms with Gasteiger partial charge in [0, 0.05) is 26.9 Å². The second-order valence-corrected chi connectivity index (χ2v) is 4.46. The number of ether oxygens (including phenoxy) is 3. The van der Waals surface area contributed by atoms with Crippen LogP contribution in [0.1, 0.15) is 29.1 Å². The monoisotopic (exact) mass is 272 g/mol. The third-order valence-corrected chi connectivity index (χ3v) is 3.30. The Bertz CT molecular complexity index is 521. The summed E-state index contributed by atoms with van der Waals surface area (Å²) in [5.41, 5.74) is 3.14. The summed E-state index contributed by atoms with van der Waals surface area (Å²) in [6.07, 6.45) is -0.534. The molecule has 0 saturated carbocycles. The fourth-order valence-corrected chi connectivity index (χ4v) is 2.38. The van der Waals surface area contributed by atoms with E-state index in [0.29, 0.717) is 0 Å². The summed E-state index contributed by atoms with van der Waals surface area (Å²) < 4.78 is 16.4. The molecule has 106 valence electrons. The highest BCUT2D eigenvalue weighted by Gasteiger charge is 2.21. The molecule has 3 nitrogen and oxygen atoms in total. The smallest absolute Gasteiger partial charge is 0.183 e. The van der Waals surface area contributed by atoms with Crippen molar-refractivity contribution in [2.75, 3.05) is 21.3 Å². The van der Waals surface area contributed by atoms with Crippen LogP contribution in [0.4, 0.5) is 0 Å². The van der Waals surface area contributed by atoms with Gasteiger partial charge in [-0.05, 0) is 11.1 Å². The van der Waals surface area contributed by atoms with Gasteiger partial charge in [0.1, 0.15) is 6.10 Å². The van der Waals surface area contributed by atoms with Crippen molar-refractivity contribution in [2.24, 2.45) is 0 Å². The second kappa shape index (κ2) is 7.20. The summed E-state index contributed by atoms with van der Waals surface area (Å²) in [6, 6.07) is 18.1. The Hall–Kier alpha value is -1.68. The van der Waals surface area contributed by atoms with E-state index in [0.717, 1.165) is 16.7 Å². The zero-order valence-corrected chi connectivity index (χ0v) is 12.1. The Balaban J connectivity index is 2.45. The fourth-order valence-electron chi connectivity index (χ4n) is 2.38. The van der Waals surface area contributed by atoms with Gasteiger partial charge in [0.2, 0.25) is 0 Å². The van der Waals surface area contributed by atoms with Crippen molar-refractivity contribution in [1.82, 2.24) is 0 Å². The van der Waals surface area contributed by atoms with Crippen LogP contribution < -0.4 is 0 Å². The van der Waals surface area contributed by atoms with Gasteiger partial charge < -0.3 is 14.2 Å². The molecule has 0 radical (unpaired) electrons. The lowest BCUT2D eigenvalue weighted by Gasteiger charge is -2.23. The summed E-state index contributed by atoms with van der Waals surface area (Å²) in [4.78, 5) is 0. The van der Waals surface area contributed by atoms with Crippen LogP contribution in [0.25, 0.3) is 0 Å². The standard InChI is InChI=1S/C17H20O3/c1-18-16(13-9-5-4-6-10-13)14-11-7-8-12-15(14)17(19-2)20-3/h4-12,16-17H,1-3H3. The van der Waals surface area contributed by atoms with Crippen LogP contribution in [0.15, 0.2) is 54.6 Å². The van der Waals surface area contributed by atoms with Gasteiger partial charge in [0.25, 0.3) is 0 Å². The van der Waals surface area contributed by atoms with Gasteiger partial charge in [0.05, 0.1) is 0 Å². The van der Waals surface area contributed by atoms with E-state index in [1.807, 2.05) is 42.5 Å². The summed E-state index contributed by atoms with van der Waals surface area (Å²) in [5, 5.41) is 0. The molecule has 0 aliphatic carbocycles. The van der Waals surface area contributed by atoms with E-state index >= 15 is 0 Å². The van der Waals surface area contributed by atoms with Gasteiger partial charge >= 0.3 is 0 Å². The van der Waals surface area contributed by atoms with Crippen LogP contribution in [0, 0.1) is 0 Å². The third-order valence-electron chi connectivity index (χ3n) is 3.30. The molecule has 1 atom stereocenters. The van der Waals surface area contributed by atoms with Gasteiger partial charge in [-0.1, -0.05) is 54.6 Å². The molecule has 0 aliphatic heterocycles. The predicted molar refractivity (Wildman–Crippen MR) is 78.5 cm³/mol. The molecule has 2 aromatic carbocycles. The Morgan fingerprint density at radius 1 is 0.650 bits per heavy atom. The minimum absolute atomic E-state index is 0.139. The van der Waals surface area contributed by atoms with Crippen LogP contribution in [-0.2, 0) is 14.2 Å². The summed E-state index contributed by atoms with van der Waals surface area (Å²) in [5.74, 6) is 0. The van der Waals surface area contributed by atoms with E-state index in [-0.39, 0.29) is 6.10 Å². The van der Waals surface area contributed by atoms with Crippen LogP contribution in [-0.4, -0.2) is 21.3 Å². The quantitative estimate of drug-likeness (QED) is 0.750. The van der Waals surface area contributed by atoms with Crippen molar-refractivity contribution in [3.63, 3.8) is 0 Å². The largest absolute Gasteiger partial charge is 0.372 e. The summed E-state index contributed by atoms with van der Waals surface area (Å²) >= 11 is 0. The maximum absolute atomic E-state index is 5.69. The minimum atomic E-state index is -0.396. The molecule has 0 amide bonds. The van der Waals surface area contributed by atoms with Gasteiger partial charge in [-0.3, -0.25) is 0 Å². The van der Waals surface area contributed by atoms with Crippen LogP contribution in [0.3, 0.4) is 0 Å². The Morgan fingerprint density at radius 2 is 1.20 bits per heavy atom. The Kier molecular flexibility index (Phi) is 5.30. The number of hydrogen-bond donors (Lipinski definition) is 0. The molecular weight excluding hydrogens is 252 g/mol. The average molecular weight is 272 g/mol. The van der Waals surface area contributed by atoms with E-state index in [1.165, 1.54) is 0 Å². The number of hydrogen-bond acceptors (Lipinski definition) is 3. The van der Waals surface area contributed by atoms with E-state index in [9.17, 15) is 0 Å². The first-order valence-electron chi connectivity index (χ1n) is 6.54. The van der Waals surface area contributed by atoms with Crippen molar-refractivity contribution in [2.45, 2.75) is 12.4 Å². The summed E-state index contributed by atoms with van der Waals surface area (Å²) in [6.45, 7) is 0. The molecule has 0 heterocycles. The first kappa shape index (κ1) is 14.7. The minimum Gasteiger partial charge on any atom is -0.372 e. The van der Waals surface area contributed by atoms with Gasteiger partial charge in [-0.2, -0.15) is 0 Å². The number of methoxy groups -OCH3 is 3. The molecule has 1 unspecified atom stereocenters. The lowest BCUT2D eigenvalue weighted by atomic mass is 9.96. The molecule has 0 spiro atoms. The maximum Gasteiger partial charge on any atom is 0.183 e. The number of benzene rings is 2. The van der Waals surface area contributed by atoms with Crippen molar-refractivity contribution in [1.29, 1.82) is 0 Å². The molecular formula is C17H20O3. The van der Waals surface area contributed by atoms with Crippen molar-refractivity contribution in [3.8, 4) is 0 Å². The highest BCUT2D eigenvalue weighted by molar-refractivity contribution is 5.36. The average Bonchev–Trinajstić information content (AvgIpc) is 2.52. The Morgan fingerprint density at radius 3 is 1.75 bits per heavy atom. The maximum atomic E-state index is 5.69. The molecule has 2 rings (SSSR count). The molecule has 0 bridgehead atoms. The third kappa shape index (κ3) is 3.07. The van der Waals surface area contributed by atoms with Crippen molar-refractivity contribution >= 4 is 0 Å². The lowest BCUT2D eigenvalue weighted by molar-refractivity contribution is -0.107. The lowest BCUT2D eigenvalue weighted by Crippen LogP contribution is -2.12. The van der Waals surface area contributed by atoms with Gasteiger partial charge in [-0.25, -0.2) is 0 Å². The number of rotatable bonds is 6. The predicted octanol–water partition coefficient (Wildman–Crippen LogP) is 3.71. The normalized spacial score (nSPS) is 12.6. The van der Waals surface area contributed by atoms with Gasteiger partial charge in [-0.15, -0.1) is 0 Å². The van der Waals surface area contributed by atoms with Crippen LogP contribution >= 0.6 is 0 Å². The highest BCUT2D eigenvalue weighted by atomic mass is 16.7. The topological polar surface area (TPSA) is 27.7 Å². The molecule has 2 aromatic rings. The molecule has 3 heteroatoms. The highest BCUT2D eigenvalue weighted by Crippen LogP contribution is 2.32. The van der Waals surface area contributed by atoms with Crippen LogP contribution in [0.5, 0.6) is 0 Å². The molecule has 20 heavy (non-hydrogen) atoms. The Labute approximate surface area is 120 Å². The molecule has 0 aromatic heterocycles. The molecule has 0 fully saturated rings. The second-order valence-electron chi connectivity index (χ2n) is 4.46. The zero-order chi connectivity index (χ0) is 14.4. The van der Waals surface area contributed by atoms with Gasteiger partial charge in [0.15, 0.2) is 6.29 Å². The fraction of sp³-hybridized carbons (Fsp3) is 0.294. The van der Waals surface area contributed by atoms with E-state index in [2.05, 4.69) is 12.1 Å². The van der Waals surface area contributed by atoms with Crippen molar-refractivity contribution < 1.29 is 14.2 Å². The SMILES string of the molecule is COC(OC)c1ccccc1C(OC)c1ccccc1. The van der Waals surface area contributed by atoms with E-state index < -0.39 is 6.29 Å². The first-order chi connectivity index (χ1) is 9.81. The molecule has 0 N–H and O–H groups in total. The zero-order valence-electron chi connectivity index (χ0n) is 12.1. The van der Waals surface area contributed by atoms with E-state index in [4.69, 9.17) is 14.2 Å². The molecule has 0 aliphatic rings. The van der Waals surface area contributed by atoms with Crippen LogP contribution in [0.2, 0.25) is 0 Å². The summed E-state index contributed by atoms with van der Waals surface area (Å²) in [7, 11) is 4.98. The van der Waals surface area contributed by atoms with E-state index in [1.54, 1.807) is 21.3 Å². The van der Waals surface area contributed by atoms with Crippen molar-refractivity contribution in [3.05, 3.63) is 71.3 Å². The molecule has 0 saturated heterocycles. The first-order valence-corrected chi connectivity index (χ1v) is 6.54.